The molecule has 1 saturated heterocycles. The van der Waals surface area contributed by atoms with Crippen LogP contribution in [0, 0.1) is 0 Å². The van der Waals surface area contributed by atoms with E-state index in [9.17, 15) is 14.4 Å². The molecule has 0 saturated carbocycles. The van der Waals surface area contributed by atoms with Crippen LogP contribution in [0.15, 0.2) is 0 Å². The predicted molar refractivity (Wildman–Crippen MR) is 69.8 cm³/mol. The molecule has 0 radical (unpaired) electrons. The Labute approximate surface area is 115 Å². The quantitative estimate of drug-likeness (QED) is 0.756. The number of methoxy groups -OCH3 is 1. The van der Waals surface area contributed by atoms with Crippen molar-refractivity contribution in [2.75, 3.05) is 25.3 Å². The largest absolute Gasteiger partial charge is 0.480 e. The average Bonchev–Trinajstić information content (AvgIpc) is 2.83. The fourth-order valence-electron chi connectivity index (χ4n) is 1.68. The Kier molecular flexibility index (Phi) is 5.46. The van der Waals surface area contributed by atoms with Gasteiger partial charge in [0.25, 0.3) is 0 Å². The molecule has 1 atom stereocenters. The molecule has 0 aromatic rings. The molecule has 0 bridgehead atoms. The molecule has 1 aliphatic rings. The molecule has 0 aromatic heterocycles. The van der Waals surface area contributed by atoms with Crippen LogP contribution >= 0.6 is 11.8 Å². The first-order valence-electron chi connectivity index (χ1n) is 5.83. The van der Waals surface area contributed by atoms with Crippen molar-refractivity contribution in [3.8, 4) is 0 Å². The third kappa shape index (κ3) is 3.76. The lowest BCUT2D eigenvalue weighted by Crippen LogP contribution is -2.52. The third-order valence-electron chi connectivity index (χ3n) is 2.81. The summed E-state index contributed by atoms with van der Waals surface area (Å²) >= 11 is 1.38. The van der Waals surface area contributed by atoms with E-state index >= 15 is 0 Å². The molecule has 1 heterocycles. The molecule has 1 rings (SSSR count). The van der Waals surface area contributed by atoms with Gasteiger partial charge in [-0.1, -0.05) is 0 Å². The van der Waals surface area contributed by atoms with Crippen LogP contribution in [0.2, 0.25) is 0 Å². The van der Waals surface area contributed by atoms with Gasteiger partial charge in [0.1, 0.15) is 12.6 Å². The van der Waals surface area contributed by atoms with E-state index in [1.54, 1.807) is 13.8 Å². The highest BCUT2D eigenvalue weighted by atomic mass is 32.2. The van der Waals surface area contributed by atoms with Crippen LogP contribution in [0.1, 0.15) is 13.8 Å². The second-order valence-corrected chi connectivity index (χ2v) is 5.40. The van der Waals surface area contributed by atoms with E-state index in [4.69, 9.17) is 5.11 Å². The number of nitrogens with zero attached hydrogens (tertiary/aromatic N) is 2. The van der Waals surface area contributed by atoms with Gasteiger partial charge >= 0.3 is 18.0 Å². The van der Waals surface area contributed by atoms with Crippen LogP contribution in [-0.2, 0) is 14.3 Å². The highest BCUT2D eigenvalue weighted by Crippen LogP contribution is 2.23. The SMILES string of the molecule is COC(=O)CN(C(=O)N1CSCC1C(=O)O)C(C)C. The van der Waals surface area contributed by atoms with E-state index in [0.717, 1.165) is 0 Å². The highest BCUT2D eigenvalue weighted by molar-refractivity contribution is 7.99. The Bertz CT molecular complexity index is 374. The molecule has 0 aliphatic carbocycles. The summed E-state index contributed by atoms with van der Waals surface area (Å²) in [6, 6.07) is -1.50. The van der Waals surface area contributed by atoms with Gasteiger partial charge in [0.15, 0.2) is 0 Å². The lowest BCUT2D eigenvalue weighted by atomic mass is 10.3. The molecule has 1 aliphatic heterocycles. The van der Waals surface area contributed by atoms with Crippen molar-refractivity contribution in [1.29, 1.82) is 0 Å². The highest BCUT2D eigenvalue weighted by Gasteiger charge is 2.37. The van der Waals surface area contributed by atoms with Gasteiger partial charge in [-0.25, -0.2) is 9.59 Å². The number of thioether (sulfide) groups is 1. The first-order valence-corrected chi connectivity index (χ1v) is 6.98. The second kappa shape index (κ2) is 6.65. The zero-order chi connectivity index (χ0) is 14.6. The number of urea groups is 1. The standard InChI is InChI=1S/C11H18N2O5S/c1-7(2)12(4-9(14)18-3)11(17)13-6-19-5-8(13)10(15)16/h7-8H,4-6H2,1-3H3,(H,15,16). The summed E-state index contributed by atoms with van der Waals surface area (Å²) in [5.74, 6) is -0.869. The average molecular weight is 290 g/mol. The molecular weight excluding hydrogens is 272 g/mol. The Morgan fingerprint density at radius 3 is 2.58 bits per heavy atom. The fraction of sp³-hybridized carbons (Fsp3) is 0.727. The number of carboxylic acid groups (broad SMARTS) is 1. The lowest BCUT2D eigenvalue weighted by molar-refractivity contribution is -0.141. The monoisotopic (exact) mass is 290 g/mol. The van der Waals surface area contributed by atoms with Crippen molar-refractivity contribution < 1.29 is 24.2 Å². The van der Waals surface area contributed by atoms with Crippen molar-refractivity contribution in [2.24, 2.45) is 0 Å². The van der Waals surface area contributed by atoms with Crippen LogP contribution in [0.5, 0.6) is 0 Å². The lowest BCUT2D eigenvalue weighted by Gasteiger charge is -2.31. The number of rotatable bonds is 4. The number of aliphatic carboxylic acids is 1. The maximum atomic E-state index is 12.3. The van der Waals surface area contributed by atoms with Crippen LogP contribution in [0.4, 0.5) is 4.79 Å². The summed E-state index contributed by atoms with van der Waals surface area (Å²) in [5.41, 5.74) is 0. The van der Waals surface area contributed by atoms with Gasteiger partial charge in [-0.05, 0) is 13.8 Å². The minimum Gasteiger partial charge on any atom is -0.480 e. The molecule has 7 nitrogen and oxygen atoms in total. The van der Waals surface area contributed by atoms with Crippen LogP contribution in [0.25, 0.3) is 0 Å². The molecule has 0 spiro atoms. The summed E-state index contributed by atoms with van der Waals surface area (Å²) in [5, 5.41) is 9.06. The fourth-order valence-corrected chi connectivity index (χ4v) is 2.81. The minimum atomic E-state index is -1.03. The van der Waals surface area contributed by atoms with E-state index in [0.29, 0.717) is 11.6 Å². The maximum absolute atomic E-state index is 12.3. The van der Waals surface area contributed by atoms with Gasteiger partial charge < -0.3 is 19.6 Å². The molecule has 8 heteroatoms. The summed E-state index contributed by atoms with van der Waals surface area (Å²) in [6.07, 6.45) is 0. The van der Waals surface area contributed by atoms with Gasteiger partial charge in [-0.3, -0.25) is 4.79 Å². The smallest absolute Gasteiger partial charge is 0.327 e. The second-order valence-electron chi connectivity index (χ2n) is 4.40. The predicted octanol–water partition coefficient (Wildman–Crippen LogP) is 0.449. The van der Waals surface area contributed by atoms with E-state index in [1.807, 2.05) is 0 Å². The van der Waals surface area contributed by atoms with Gasteiger partial charge in [0, 0.05) is 11.8 Å². The first kappa shape index (κ1) is 15.6. The van der Waals surface area contributed by atoms with Gasteiger partial charge in [-0.15, -0.1) is 11.8 Å². The van der Waals surface area contributed by atoms with E-state index in [-0.39, 0.29) is 12.6 Å². The normalized spacial score (nSPS) is 18.5. The van der Waals surface area contributed by atoms with Crippen molar-refractivity contribution in [3.05, 3.63) is 0 Å². The van der Waals surface area contributed by atoms with Crippen molar-refractivity contribution in [2.45, 2.75) is 25.9 Å². The number of carboxylic acids is 1. The van der Waals surface area contributed by atoms with Crippen LogP contribution < -0.4 is 0 Å². The van der Waals surface area contributed by atoms with Gasteiger partial charge in [0.05, 0.1) is 13.0 Å². The zero-order valence-corrected chi connectivity index (χ0v) is 12.0. The summed E-state index contributed by atoms with van der Waals surface area (Å²) < 4.78 is 4.55. The number of amides is 2. The zero-order valence-electron chi connectivity index (χ0n) is 11.2. The van der Waals surface area contributed by atoms with Gasteiger partial charge in [-0.2, -0.15) is 0 Å². The summed E-state index contributed by atoms with van der Waals surface area (Å²) in [7, 11) is 1.25. The van der Waals surface area contributed by atoms with E-state index < -0.39 is 24.0 Å². The molecule has 19 heavy (non-hydrogen) atoms. The maximum Gasteiger partial charge on any atom is 0.327 e. The van der Waals surface area contributed by atoms with E-state index in [2.05, 4.69) is 4.74 Å². The molecule has 1 fully saturated rings. The Balaban J connectivity index is 2.81. The Morgan fingerprint density at radius 2 is 2.11 bits per heavy atom. The summed E-state index contributed by atoms with van der Waals surface area (Å²) in [4.78, 5) is 37.3. The minimum absolute atomic E-state index is 0.180. The van der Waals surface area contributed by atoms with E-state index in [1.165, 1.54) is 28.7 Å². The summed E-state index contributed by atoms with van der Waals surface area (Å²) in [6.45, 7) is 3.35. The van der Waals surface area contributed by atoms with Crippen molar-refractivity contribution >= 4 is 29.7 Å². The Morgan fingerprint density at radius 1 is 1.47 bits per heavy atom. The Hall–Kier alpha value is -1.44. The van der Waals surface area contributed by atoms with Crippen LogP contribution in [0.3, 0.4) is 0 Å². The molecule has 1 N–H and O–H groups in total. The number of ether oxygens (including phenoxy) is 1. The number of hydrogen-bond acceptors (Lipinski definition) is 5. The van der Waals surface area contributed by atoms with Crippen molar-refractivity contribution in [3.63, 3.8) is 0 Å². The number of esters is 1. The number of hydrogen-bond donors (Lipinski definition) is 1. The third-order valence-corrected chi connectivity index (χ3v) is 3.82. The molecule has 2 amide bonds. The van der Waals surface area contributed by atoms with Gasteiger partial charge in [0.2, 0.25) is 0 Å². The number of carbonyl (C=O) groups is 3. The molecular formula is C11H18N2O5S. The molecule has 0 aromatic carbocycles. The van der Waals surface area contributed by atoms with Crippen LogP contribution in [-0.4, -0.2) is 70.2 Å². The van der Waals surface area contributed by atoms with Crippen molar-refractivity contribution in [1.82, 2.24) is 9.80 Å². The topological polar surface area (TPSA) is 87.2 Å². The number of carbonyl (C=O) groups excluding carboxylic acids is 2. The molecule has 1 unspecified atom stereocenters. The first-order chi connectivity index (χ1) is 8.88. The molecule has 108 valence electrons.